The van der Waals surface area contributed by atoms with Crippen molar-refractivity contribution in [2.45, 2.75) is 24.2 Å². The molecule has 156 valence electrons. The predicted octanol–water partition coefficient (Wildman–Crippen LogP) is 4.14. The number of nitrogens with zero attached hydrogens (tertiary/aromatic N) is 3. The summed E-state index contributed by atoms with van der Waals surface area (Å²) in [4.78, 5) is 27.6. The lowest BCUT2D eigenvalue weighted by molar-refractivity contribution is -0.125. The van der Waals surface area contributed by atoms with Crippen molar-refractivity contribution in [2.24, 2.45) is 7.05 Å². The zero-order valence-corrected chi connectivity index (χ0v) is 18.3. The lowest BCUT2D eigenvalue weighted by atomic mass is 9.91. The summed E-state index contributed by atoms with van der Waals surface area (Å²) >= 11 is 12.8. The topological polar surface area (TPSA) is 56.5 Å². The average Bonchev–Trinajstić information content (AvgIpc) is 2.96. The summed E-state index contributed by atoms with van der Waals surface area (Å²) in [5.41, 5.74) is 2.01. The molecule has 8 heteroatoms. The Balaban J connectivity index is 1.81. The summed E-state index contributed by atoms with van der Waals surface area (Å²) in [6.07, 6.45) is 0. The van der Waals surface area contributed by atoms with E-state index >= 15 is 0 Å². The number of anilines is 1. The van der Waals surface area contributed by atoms with Crippen LogP contribution >= 0.6 is 23.2 Å². The Bertz CT molecular complexity index is 1150. The maximum atomic E-state index is 13.4. The molecule has 30 heavy (non-hydrogen) atoms. The van der Waals surface area contributed by atoms with E-state index in [9.17, 15) is 9.59 Å². The van der Waals surface area contributed by atoms with E-state index in [0.717, 1.165) is 5.56 Å². The molecule has 1 amide bonds. The van der Waals surface area contributed by atoms with Crippen molar-refractivity contribution in [3.05, 3.63) is 76.2 Å². The van der Waals surface area contributed by atoms with Gasteiger partial charge in [-0.2, -0.15) is 0 Å². The van der Waals surface area contributed by atoms with Gasteiger partial charge in [-0.15, -0.1) is 0 Å². The number of hydrogen-bond acceptors (Lipinski definition) is 3. The SMILES string of the molecule is CCOc1ccc([C@@H]2N(c3c(C)n(C)n(-c4ccccc4)c3=O)C(=O)C2(Cl)Cl)cc1. The summed E-state index contributed by atoms with van der Waals surface area (Å²) in [6, 6.07) is 15.8. The van der Waals surface area contributed by atoms with Gasteiger partial charge in [0.25, 0.3) is 11.5 Å². The van der Waals surface area contributed by atoms with E-state index in [2.05, 4.69) is 0 Å². The number of halogens is 2. The first-order valence-electron chi connectivity index (χ1n) is 9.57. The van der Waals surface area contributed by atoms with Crippen LogP contribution < -0.4 is 15.2 Å². The second kappa shape index (κ2) is 7.52. The molecule has 1 aliphatic rings. The maximum Gasteiger partial charge on any atom is 0.295 e. The van der Waals surface area contributed by atoms with E-state index in [4.69, 9.17) is 27.9 Å². The fourth-order valence-corrected chi connectivity index (χ4v) is 4.45. The minimum atomic E-state index is -1.65. The summed E-state index contributed by atoms with van der Waals surface area (Å²) in [5, 5.41) is 0. The van der Waals surface area contributed by atoms with Crippen LogP contribution in [0, 0.1) is 6.92 Å². The van der Waals surface area contributed by atoms with Gasteiger partial charge in [0, 0.05) is 7.05 Å². The van der Waals surface area contributed by atoms with Gasteiger partial charge >= 0.3 is 0 Å². The zero-order chi connectivity index (χ0) is 21.6. The van der Waals surface area contributed by atoms with Crippen LogP contribution in [-0.4, -0.2) is 26.2 Å². The highest BCUT2D eigenvalue weighted by atomic mass is 35.5. The van der Waals surface area contributed by atoms with Gasteiger partial charge in [0.15, 0.2) is 0 Å². The van der Waals surface area contributed by atoms with Gasteiger partial charge < -0.3 is 4.74 Å². The van der Waals surface area contributed by atoms with Crippen LogP contribution in [0.1, 0.15) is 24.2 Å². The average molecular weight is 446 g/mol. The first kappa shape index (κ1) is 20.6. The molecule has 0 spiro atoms. The molecule has 6 nitrogen and oxygen atoms in total. The van der Waals surface area contributed by atoms with Crippen molar-refractivity contribution in [3.63, 3.8) is 0 Å². The van der Waals surface area contributed by atoms with Gasteiger partial charge in [0.1, 0.15) is 17.5 Å². The lowest BCUT2D eigenvalue weighted by Gasteiger charge is -2.48. The number of benzene rings is 2. The quantitative estimate of drug-likeness (QED) is 0.437. The molecule has 1 fully saturated rings. The third kappa shape index (κ3) is 3.02. The number of amides is 1. The fraction of sp³-hybridized carbons (Fsp3) is 0.273. The van der Waals surface area contributed by atoms with Gasteiger partial charge in [0.05, 0.1) is 18.0 Å². The van der Waals surface area contributed by atoms with Crippen molar-refractivity contribution in [3.8, 4) is 11.4 Å². The van der Waals surface area contributed by atoms with Crippen LogP contribution in [0.2, 0.25) is 0 Å². The molecule has 4 rings (SSSR count). The molecule has 2 aromatic carbocycles. The van der Waals surface area contributed by atoms with Gasteiger partial charge in [-0.25, -0.2) is 4.68 Å². The predicted molar refractivity (Wildman–Crippen MR) is 118 cm³/mol. The molecular formula is C22H21Cl2N3O3. The van der Waals surface area contributed by atoms with E-state index in [1.54, 1.807) is 30.8 Å². The Hall–Kier alpha value is -2.70. The highest BCUT2D eigenvalue weighted by Crippen LogP contribution is 2.52. The first-order chi connectivity index (χ1) is 14.3. The van der Waals surface area contributed by atoms with Crippen LogP contribution in [0.4, 0.5) is 5.69 Å². The Morgan fingerprint density at radius 1 is 1.03 bits per heavy atom. The summed E-state index contributed by atoms with van der Waals surface area (Å²) in [6.45, 7) is 4.24. The molecule has 1 aliphatic heterocycles. The maximum absolute atomic E-state index is 13.4. The summed E-state index contributed by atoms with van der Waals surface area (Å²) in [5.74, 6) is 0.186. The lowest BCUT2D eigenvalue weighted by Crippen LogP contribution is -2.64. The number of ether oxygens (including phenoxy) is 1. The number of carbonyl (C=O) groups is 1. The van der Waals surface area contributed by atoms with Gasteiger partial charge in [-0.05, 0) is 43.7 Å². The molecule has 0 saturated carbocycles. The molecule has 0 aliphatic carbocycles. The molecule has 1 saturated heterocycles. The normalized spacial score (nSPS) is 17.7. The zero-order valence-electron chi connectivity index (χ0n) is 16.8. The Labute approximate surface area is 184 Å². The van der Waals surface area contributed by atoms with Gasteiger partial charge in [-0.3, -0.25) is 19.2 Å². The minimum absolute atomic E-state index is 0.266. The van der Waals surface area contributed by atoms with Gasteiger partial charge in [0.2, 0.25) is 4.33 Å². The van der Waals surface area contributed by atoms with Crippen LogP contribution in [-0.2, 0) is 11.8 Å². The van der Waals surface area contributed by atoms with E-state index in [-0.39, 0.29) is 11.2 Å². The number of hydrogen-bond donors (Lipinski definition) is 0. The van der Waals surface area contributed by atoms with Crippen molar-refractivity contribution < 1.29 is 9.53 Å². The van der Waals surface area contributed by atoms with Crippen LogP contribution in [0.25, 0.3) is 5.69 Å². The van der Waals surface area contributed by atoms with Crippen LogP contribution in [0.3, 0.4) is 0 Å². The third-order valence-electron chi connectivity index (χ3n) is 5.38. The van der Waals surface area contributed by atoms with E-state index in [1.165, 1.54) is 9.58 Å². The Morgan fingerprint density at radius 3 is 2.27 bits per heavy atom. The van der Waals surface area contributed by atoms with E-state index in [0.29, 0.717) is 23.7 Å². The second-order valence-corrected chi connectivity index (χ2v) is 8.50. The largest absolute Gasteiger partial charge is 0.494 e. The van der Waals surface area contributed by atoms with Crippen LogP contribution in [0.5, 0.6) is 5.75 Å². The molecule has 0 bridgehead atoms. The third-order valence-corrected chi connectivity index (χ3v) is 6.11. The minimum Gasteiger partial charge on any atom is -0.494 e. The van der Waals surface area contributed by atoms with Gasteiger partial charge in [-0.1, -0.05) is 53.5 Å². The molecule has 2 heterocycles. The van der Waals surface area contributed by atoms with E-state index < -0.39 is 16.3 Å². The number of aromatic nitrogens is 2. The summed E-state index contributed by atoms with van der Waals surface area (Å²) in [7, 11) is 1.78. The van der Waals surface area contributed by atoms with E-state index in [1.807, 2.05) is 49.4 Å². The standard InChI is InChI=1S/C22H21Cl2N3O3/c1-4-30-17-12-10-15(11-13-17)19-22(23,24)21(29)26(19)18-14(2)25(3)27(20(18)28)16-8-6-5-7-9-16/h5-13,19H,4H2,1-3H3/t19-/m0/s1. The van der Waals surface area contributed by atoms with Crippen LogP contribution in [0.15, 0.2) is 59.4 Å². The van der Waals surface area contributed by atoms with Crippen molar-refractivity contribution in [2.75, 3.05) is 11.5 Å². The number of β-lactam (4-membered cyclic amide) rings is 1. The summed E-state index contributed by atoms with van der Waals surface area (Å²) < 4.78 is 7.07. The Morgan fingerprint density at radius 2 is 1.67 bits per heavy atom. The fourth-order valence-electron chi connectivity index (χ4n) is 3.82. The second-order valence-electron chi connectivity index (χ2n) is 7.11. The first-order valence-corrected chi connectivity index (χ1v) is 10.3. The molecule has 3 aromatic rings. The number of alkyl halides is 2. The number of para-hydroxylation sites is 1. The van der Waals surface area contributed by atoms with Crippen molar-refractivity contribution in [1.29, 1.82) is 0 Å². The number of rotatable bonds is 5. The monoisotopic (exact) mass is 445 g/mol. The smallest absolute Gasteiger partial charge is 0.295 e. The van der Waals surface area contributed by atoms with Crippen molar-refractivity contribution >= 4 is 34.8 Å². The highest BCUT2D eigenvalue weighted by Gasteiger charge is 2.61. The molecule has 0 radical (unpaired) electrons. The molecule has 1 atom stereocenters. The molecule has 0 unspecified atom stereocenters. The van der Waals surface area contributed by atoms with Crippen molar-refractivity contribution in [1.82, 2.24) is 9.36 Å². The molecular weight excluding hydrogens is 425 g/mol. The molecule has 0 N–H and O–H groups in total. The number of carbonyl (C=O) groups excluding carboxylic acids is 1. The Kier molecular flexibility index (Phi) is 5.16. The molecule has 1 aromatic heterocycles. The highest BCUT2D eigenvalue weighted by molar-refractivity contribution is 6.62.